The van der Waals surface area contributed by atoms with Gasteiger partial charge in [-0.15, -0.1) is 10.2 Å². The van der Waals surface area contributed by atoms with Crippen molar-refractivity contribution < 1.29 is 14.3 Å². The second-order valence-corrected chi connectivity index (χ2v) is 8.24. The monoisotopic (exact) mass is 367 g/mol. The van der Waals surface area contributed by atoms with Crippen LogP contribution in [-0.4, -0.2) is 40.0 Å². The Morgan fingerprint density at radius 1 is 1.35 bits per heavy atom. The van der Waals surface area contributed by atoms with Crippen LogP contribution >= 0.6 is 34.9 Å². The molecule has 6 nitrogen and oxygen atoms in total. The minimum Gasteiger partial charge on any atom is -0.482 e. The van der Waals surface area contributed by atoms with Gasteiger partial charge >= 0.3 is 0 Å². The molecule has 0 atom stereocenters. The zero-order valence-corrected chi connectivity index (χ0v) is 14.6. The van der Waals surface area contributed by atoms with Gasteiger partial charge < -0.3 is 10.1 Å². The van der Waals surface area contributed by atoms with Crippen molar-refractivity contribution in [1.29, 1.82) is 0 Å². The highest BCUT2D eigenvalue weighted by Gasteiger charge is 2.18. The molecule has 0 saturated carbocycles. The molecule has 23 heavy (non-hydrogen) atoms. The first-order valence-electron chi connectivity index (χ1n) is 6.84. The summed E-state index contributed by atoms with van der Waals surface area (Å²) in [7, 11) is 0. The van der Waals surface area contributed by atoms with Crippen LogP contribution in [0.5, 0.6) is 5.75 Å². The smallest absolute Gasteiger partial charge is 0.262 e. The highest BCUT2D eigenvalue weighted by Crippen LogP contribution is 2.31. The Kier molecular flexibility index (Phi) is 5.19. The summed E-state index contributed by atoms with van der Waals surface area (Å²) in [6.45, 7) is 2.06. The van der Waals surface area contributed by atoms with Crippen LogP contribution in [0.3, 0.4) is 0 Å². The summed E-state index contributed by atoms with van der Waals surface area (Å²) in [5.74, 6) is 1.56. The van der Waals surface area contributed by atoms with E-state index in [1.807, 2.05) is 0 Å². The minimum atomic E-state index is -0.216. The lowest BCUT2D eigenvalue weighted by Crippen LogP contribution is -2.25. The Balaban J connectivity index is 1.63. The quantitative estimate of drug-likeness (QED) is 0.621. The molecule has 9 heteroatoms. The van der Waals surface area contributed by atoms with Crippen LogP contribution in [0.2, 0.25) is 0 Å². The molecule has 0 saturated heterocycles. The van der Waals surface area contributed by atoms with Crippen LogP contribution in [0.4, 0.5) is 5.69 Å². The van der Waals surface area contributed by atoms with E-state index in [1.54, 1.807) is 30.0 Å². The Labute approximate surface area is 145 Å². The van der Waals surface area contributed by atoms with Crippen molar-refractivity contribution in [3.05, 3.63) is 23.8 Å². The van der Waals surface area contributed by atoms with E-state index >= 15 is 0 Å². The molecule has 1 N–H and O–H groups in total. The van der Waals surface area contributed by atoms with Crippen molar-refractivity contribution in [1.82, 2.24) is 10.2 Å². The van der Waals surface area contributed by atoms with E-state index in [0.29, 0.717) is 17.0 Å². The summed E-state index contributed by atoms with van der Waals surface area (Å²) < 4.78 is 6.97. The highest BCUT2D eigenvalue weighted by molar-refractivity contribution is 8.03. The van der Waals surface area contributed by atoms with Crippen molar-refractivity contribution in [2.45, 2.75) is 15.6 Å². The van der Waals surface area contributed by atoms with Gasteiger partial charge in [0.15, 0.2) is 21.1 Å². The fourth-order valence-corrected chi connectivity index (χ4v) is 4.72. The second kappa shape index (κ2) is 7.33. The Morgan fingerprint density at radius 2 is 2.13 bits per heavy atom. The molecule has 0 aliphatic carbocycles. The molecule has 0 spiro atoms. The molecule has 1 aliphatic rings. The van der Waals surface area contributed by atoms with E-state index in [4.69, 9.17) is 4.74 Å². The number of Topliss-reactive ketones (excluding diaryl/α,β-unsaturated/α-hetero) is 1. The molecule has 1 aliphatic heterocycles. The average Bonchev–Trinajstić information content (AvgIpc) is 3.00. The maximum absolute atomic E-state index is 12.3. The predicted molar refractivity (Wildman–Crippen MR) is 91.9 cm³/mol. The molecule has 0 bridgehead atoms. The molecule has 1 amide bonds. The third-order valence-corrected chi connectivity index (χ3v) is 5.99. The van der Waals surface area contributed by atoms with E-state index in [-0.39, 0.29) is 24.1 Å². The van der Waals surface area contributed by atoms with Gasteiger partial charge in [-0.3, -0.25) is 9.59 Å². The molecule has 3 rings (SSSR count). The first kappa shape index (κ1) is 16.3. The Hall–Kier alpha value is -1.58. The largest absolute Gasteiger partial charge is 0.482 e. The van der Waals surface area contributed by atoms with Gasteiger partial charge in [-0.2, -0.15) is 0 Å². The summed E-state index contributed by atoms with van der Waals surface area (Å²) in [6, 6.07) is 5.05. The number of fused-ring (bicyclic) bond motifs is 1. The number of carbonyl (C=O) groups excluding carboxylic acids is 2. The maximum Gasteiger partial charge on any atom is 0.262 e. The normalized spacial score (nSPS) is 13.2. The molecule has 0 fully saturated rings. The molecular weight excluding hydrogens is 354 g/mol. The van der Waals surface area contributed by atoms with Crippen LogP contribution in [0, 0.1) is 0 Å². The van der Waals surface area contributed by atoms with Gasteiger partial charge in [0.2, 0.25) is 0 Å². The summed E-state index contributed by atoms with van der Waals surface area (Å²) in [6.07, 6.45) is 0. The summed E-state index contributed by atoms with van der Waals surface area (Å²) in [5, 5.41) is 10.8. The predicted octanol–water partition coefficient (Wildman–Crippen LogP) is 2.96. The van der Waals surface area contributed by atoms with Crippen molar-refractivity contribution in [3.63, 3.8) is 0 Å². The van der Waals surface area contributed by atoms with Gasteiger partial charge in [0.05, 0.1) is 11.4 Å². The Morgan fingerprint density at radius 3 is 2.91 bits per heavy atom. The van der Waals surface area contributed by atoms with Crippen molar-refractivity contribution in [2.24, 2.45) is 0 Å². The average molecular weight is 367 g/mol. The van der Waals surface area contributed by atoms with E-state index in [0.717, 1.165) is 14.4 Å². The fraction of sp³-hybridized carbons (Fsp3) is 0.286. The standard InChI is InChI=1S/C14H13N3O3S3/c1-2-21-13-16-17-14(23-13)22-7-10(18)8-3-4-11-9(5-8)15-12(19)6-20-11/h3-5H,2,6-7H2,1H3,(H,15,19). The number of ether oxygens (including phenoxy) is 1. The van der Waals surface area contributed by atoms with E-state index in [1.165, 1.54) is 23.1 Å². The lowest BCUT2D eigenvalue weighted by molar-refractivity contribution is -0.118. The number of ketones is 1. The number of aromatic nitrogens is 2. The summed E-state index contributed by atoms with van der Waals surface area (Å²) in [5.41, 5.74) is 1.07. The lowest BCUT2D eigenvalue weighted by atomic mass is 10.1. The summed E-state index contributed by atoms with van der Waals surface area (Å²) >= 11 is 4.50. The number of hydrogen-bond donors (Lipinski definition) is 1. The first-order valence-corrected chi connectivity index (χ1v) is 9.63. The number of carbonyl (C=O) groups is 2. The van der Waals surface area contributed by atoms with Gasteiger partial charge in [0.1, 0.15) is 5.75 Å². The number of thioether (sulfide) groups is 2. The number of hydrogen-bond acceptors (Lipinski definition) is 8. The zero-order valence-electron chi connectivity index (χ0n) is 12.2. The topological polar surface area (TPSA) is 81.2 Å². The fourth-order valence-electron chi connectivity index (χ4n) is 1.90. The van der Waals surface area contributed by atoms with Gasteiger partial charge in [-0.05, 0) is 24.0 Å². The third-order valence-electron chi connectivity index (χ3n) is 2.92. The maximum atomic E-state index is 12.3. The van der Waals surface area contributed by atoms with Gasteiger partial charge in [0.25, 0.3) is 5.91 Å². The van der Waals surface area contributed by atoms with Crippen LogP contribution in [0.1, 0.15) is 17.3 Å². The molecule has 2 heterocycles. The highest BCUT2D eigenvalue weighted by atomic mass is 32.2. The molecule has 120 valence electrons. The van der Waals surface area contributed by atoms with Gasteiger partial charge in [-0.1, -0.05) is 41.8 Å². The van der Waals surface area contributed by atoms with Gasteiger partial charge in [0, 0.05) is 5.56 Å². The number of rotatable bonds is 6. The number of anilines is 1. The SMILES string of the molecule is CCSc1nnc(SCC(=O)c2ccc3c(c2)NC(=O)CO3)s1. The van der Waals surface area contributed by atoms with Crippen molar-refractivity contribution >= 4 is 52.2 Å². The number of nitrogens with one attached hydrogen (secondary N) is 1. The Bertz CT molecular complexity index is 748. The van der Waals surface area contributed by atoms with E-state index in [9.17, 15) is 9.59 Å². The first-order chi connectivity index (χ1) is 11.2. The van der Waals surface area contributed by atoms with Gasteiger partial charge in [-0.25, -0.2) is 0 Å². The second-order valence-electron chi connectivity index (χ2n) is 4.53. The number of benzene rings is 1. The molecule has 2 aromatic rings. The number of amides is 1. The third kappa shape index (κ3) is 4.04. The molecule has 0 radical (unpaired) electrons. The van der Waals surface area contributed by atoms with Crippen molar-refractivity contribution in [2.75, 3.05) is 23.4 Å². The molecule has 1 aromatic heterocycles. The number of nitrogens with zero attached hydrogens (tertiary/aromatic N) is 2. The van der Waals surface area contributed by atoms with Crippen LogP contribution in [0.15, 0.2) is 26.9 Å². The van der Waals surface area contributed by atoms with E-state index < -0.39 is 0 Å². The summed E-state index contributed by atoms with van der Waals surface area (Å²) in [4.78, 5) is 23.6. The molecule has 0 unspecified atom stereocenters. The van der Waals surface area contributed by atoms with Crippen LogP contribution < -0.4 is 10.1 Å². The van der Waals surface area contributed by atoms with Crippen molar-refractivity contribution in [3.8, 4) is 5.75 Å². The van der Waals surface area contributed by atoms with Crippen LogP contribution in [0.25, 0.3) is 0 Å². The van der Waals surface area contributed by atoms with Crippen LogP contribution in [-0.2, 0) is 4.79 Å². The minimum absolute atomic E-state index is 0.00526. The molecule has 1 aromatic carbocycles. The van der Waals surface area contributed by atoms with E-state index in [2.05, 4.69) is 22.4 Å². The zero-order chi connectivity index (χ0) is 16.2. The molecular formula is C14H13N3O3S3. The lowest BCUT2D eigenvalue weighted by Gasteiger charge is -2.18.